The molecule has 0 spiro atoms. The largest absolute Gasteiger partial charge is 0.394 e. The molecule has 1 rings (SSSR count). The number of nitrogens with one attached hydrogen (secondary N) is 1. The van der Waals surface area contributed by atoms with Crippen LogP contribution in [0.5, 0.6) is 0 Å². The van der Waals surface area contributed by atoms with Crippen LogP contribution in [0.4, 0.5) is 0 Å². The van der Waals surface area contributed by atoms with Crippen molar-refractivity contribution in [3.63, 3.8) is 0 Å². The van der Waals surface area contributed by atoms with Gasteiger partial charge in [0.2, 0.25) is 5.91 Å². The Balaban J connectivity index is 2.19. The van der Waals surface area contributed by atoms with Gasteiger partial charge in [-0.15, -0.1) is 0 Å². The number of morpholine rings is 1. The van der Waals surface area contributed by atoms with E-state index in [4.69, 9.17) is 9.84 Å². The van der Waals surface area contributed by atoms with Crippen molar-refractivity contribution < 1.29 is 14.6 Å². The number of carbonyl (C=O) groups excluding carboxylic acids is 1. The van der Waals surface area contributed by atoms with E-state index < -0.39 is 0 Å². The molecular formula is C11H22N2O3. The highest BCUT2D eigenvalue weighted by Crippen LogP contribution is 2.04. The molecule has 1 fully saturated rings. The molecule has 5 nitrogen and oxygen atoms in total. The lowest BCUT2D eigenvalue weighted by molar-refractivity contribution is -0.122. The average molecular weight is 230 g/mol. The van der Waals surface area contributed by atoms with E-state index >= 15 is 0 Å². The van der Waals surface area contributed by atoms with Crippen molar-refractivity contribution in [2.45, 2.75) is 32.4 Å². The number of nitrogens with zero attached hydrogens (tertiary/aromatic N) is 1. The van der Waals surface area contributed by atoms with E-state index in [-0.39, 0.29) is 24.7 Å². The van der Waals surface area contributed by atoms with Crippen LogP contribution >= 0.6 is 0 Å². The molecule has 1 aliphatic rings. The third-order valence-corrected chi connectivity index (χ3v) is 2.53. The van der Waals surface area contributed by atoms with Crippen molar-refractivity contribution in [1.29, 1.82) is 0 Å². The van der Waals surface area contributed by atoms with Crippen molar-refractivity contribution in [2.24, 2.45) is 0 Å². The zero-order valence-electron chi connectivity index (χ0n) is 10.1. The molecule has 1 atom stereocenters. The summed E-state index contributed by atoms with van der Waals surface area (Å²) in [4.78, 5) is 13.6. The summed E-state index contributed by atoms with van der Waals surface area (Å²) in [7, 11) is 0. The highest BCUT2D eigenvalue weighted by molar-refractivity contribution is 5.76. The van der Waals surface area contributed by atoms with E-state index in [0.717, 1.165) is 13.1 Å². The number of ether oxygens (including phenoxy) is 1. The first kappa shape index (κ1) is 13.4. The first-order valence-corrected chi connectivity index (χ1v) is 5.86. The van der Waals surface area contributed by atoms with Crippen LogP contribution < -0.4 is 5.32 Å². The normalized spacial score (nSPS) is 22.4. The summed E-state index contributed by atoms with van der Waals surface area (Å²) in [5, 5.41) is 11.8. The molecule has 16 heavy (non-hydrogen) atoms. The van der Waals surface area contributed by atoms with Crippen LogP contribution in [0.25, 0.3) is 0 Å². The second-order valence-corrected chi connectivity index (χ2v) is 4.45. The van der Waals surface area contributed by atoms with Crippen molar-refractivity contribution >= 4 is 5.91 Å². The van der Waals surface area contributed by atoms with Gasteiger partial charge in [-0.1, -0.05) is 0 Å². The number of aliphatic hydroxyl groups excluding tert-OH is 1. The maximum absolute atomic E-state index is 11.4. The van der Waals surface area contributed by atoms with Gasteiger partial charge in [-0.2, -0.15) is 0 Å². The third-order valence-electron chi connectivity index (χ3n) is 2.53. The monoisotopic (exact) mass is 230 g/mol. The van der Waals surface area contributed by atoms with Crippen molar-refractivity contribution in [3.8, 4) is 0 Å². The van der Waals surface area contributed by atoms with Crippen molar-refractivity contribution in [1.82, 2.24) is 10.2 Å². The molecule has 0 aromatic carbocycles. The van der Waals surface area contributed by atoms with Crippen LogP contribution in [0.1, 0.15) is 20.3 Å². The van der Waals surface area contributed by atoms with Gasteiger partial charge >= 0.3 is 0 Å². The van der Waals surface area contributed by atoms with Gasteiger partial charge in [0.15, 0.2) is 0 Å². The Morgan fingerprint density at radius 3 is 3.00 bits per heavy atom. The molecule has 0 aliphatic carbocycles. The Labute approximate surface area is 96.8 Å². The van der Waals surface area contributed by atoms with Gasteiger partial charge in [0.25, 0.3) is 0 Å². The van der Waals surface area contributed by atoms with Gasteiger partial charge in [-0.3, -0.25) is 9.69 Å². The number of hydrogen-bond donors (Lipinski definition) is 2. The predicted molar refractivity (Wildman–Crippen MR) is 61.2 cm³/mol. The molecule has 1 heterocycles. The number of carbonyl (C=O) groups is 1. The fourth-order valence-corrected chi connectivity index (χ4v) is 1.75. The minimum Gasteiger partial charge on any atom is -0.394 e. The summed E-state index contributed by atoms with van der Waals surface area (Å²) in [6.45, 7) is 6.88. The molecular weight excluding hydrogens is 208 g/mol. The van der Waals surface area contributed by atoms with Gasteiger partial charge in [-0.25, -0.2) is 0 Å². The zero-order chi connectivity index (χ0) is 12.0. The second kappa shape index (κ2) is 6.83. The summed E-state index contributed by atoms with van der Waals surface area (Å²) in [5.41, 5.74) is 0. The molecule has 0 bridgehead atoms. The number of rotatable bonds is 5. The van der Waals surface area contributed by atoms with Gasteiger partial charge in [-0.05, 0) is 13.8 Å². The van der Waals surface area contributed by atoms with E-state index in [0.29, 0.717) is 19.6 Å². The first-order valence-electron chi connectivity index (χ1n) is 5.86. The summed E-state index contributed by atoms with van der Waals surface area (Å²) < 4.78 is 5.34. The Bertz CT molecular complexity index is 221. The smallest absolute Gasteiger partial charge is 0.221 e. The molecule has 2 N–H and O–H groups in total. The maximum Gasteiger partial charge on any atom is 0.221 e. The van der Waals surface area contributed by atoms with E-state index in [2.05, 4.69) is 10.2 Å². The van der Waals surface area contributed by atoms with Crippen molar-refractivity contribution in [3.05, 3.63) is 0 Å². The number of amides is 1. The summed E-state index contributed by atoms with van der Waals surface area (Å²) in [5.74, 6) is 0.0852. The van der Waals surface area contributed by atoms with E-state index in [1.807, 2.05) is 13.8 Å². The molecule has 1 amide bonds. The Hall–Kier alpha value is -0.650. The lowest BCUT2D eigenvalue weighted by Crippen LogP contribution is -2.45. The highest BCUT2D eigenvalue weighted by atomic mass is 16.5. The van der Waals surface area contributed by atoms with Gasteiger partial charge in [0.1, 0.15) is 0 Å². The van der Waals surface area contributed by atoms with Crippen LogP contribution in [0.3, 0.4) is 0 Å². The van der Waals surface area contributed by atoms with E-state index in [1.165, 1.54) is 0 Å². The molecule has 0 aromatic rings. The summed E-state index contributed by atoms with van der Waals surface area (Å²) >= 11 is 0. The molecule has 1 unspecified atom stereocenters. The minimum atomic E-state index is -0.0955. The predicted octanol–water partition coefficient (Wildman–Crippen LogP) is -0.406. The second-order valence-electron chi connectivity index (χ2n) is 4.45. The molecule has 1 aliphatic heterocycles. The highest BCUT2D eigenvalue weighted by Gasteiger charge is 2.19. The number of aliphatic hydroxyl groups is 1. The molecule has 94 valence electrons. The minimum absolute atomic E-state index is 0.0503. The topological polar surface area (TPSA) is 61.8 Å². The Morgan fingerprint density at radius 1 is 1.62 bits per heavy atom. The Morgan fingerprint density at radius 2 is 2.38 bits per heavy atom. The maximum atomic E-state index is 11.4. The van der Waals surface area contributed by atoms with E-state index in [9.17, 15) is 4.79 Å². The molecule has 0 saturated carbocycles. The van der Waals surface area contributed by atoms with Crippen LogP contribution in [0, 0.1) is 0 Å². The molecule has 0 radical (unpaired) electrons. The first-order chi connectivity index (χ1) is 7.61. The lowest BCUT2D eigenvalue weighted by atomic mass is 10.2. The fraction of sp³-hybridized carbons (Fsp3) is 0.909. The fourth-order valence-electron chi connectivity index (χ4n) is 1.75. The number of hydrogen-bond acceptors (Lipinski definition) is 4. The summed E-state index contributed by atoms with van der Waals surface area (Å²) in [6, 6.07) is 0.197. The lowest BCUT2D eigenvalue weighted by Gasteiger charge is -2.31. The average Bonchev–Trinajstić information content (AvgIpc) is 2.26. The summed E-state index contributed by atoms with van der Waals surface area (Å²) in [6.07, 6.45) is 0.415. The van der Waals surface area contributed by atoms with Crippen LogP contribution in [0.15, 0.2) is 0 Å². The van der Waals surface area contributed by atoms with Crippen molar-refractivity contribution in [2.75, 3.05) is 32.8 Å². The SMILES string of the molecule is CC(C)NC(=O)CCN1CCOC(CO)C1. The van der Waals surface area contributed by atoms with Gasteiger partial charge in [0.05, 0.1) is 19.3 Å². The van der Waals surface area contributed by atoms with Crippen LogP contribution in [-0.4, -0.2) is 60.9 Å². The Kier molecular flexibility index (Phi) is 5.73. The van der Waals surface area contributed by atoms with E-state index in [1.54, 1.807) is 0 Å². The molecule has 5 heteroatoms. The standard InChI is InChI=1S/C11H22N2O3/c1-9(2)12-11(15)3-4-13-5-6-16-10(7-13)8-14/h9-10,14H,3-8H2,1-2H3,(H,12,15). The van der Waals surface area contributed by atoms with Gasteiger partial charge in [0, 0.05) is 32.1 Å². The quantitative estimate of drug-likeness (QED) is 0.674. The third kappa shape index (κ3) is 4.92. The molecule has 0 aromatic heterocycles. The van der Waals surface area contributed by atoms with Crippen LogP contribution in [0.2, 0.25) is 0 Å². The zero-order valence-corrected chi connectivity index (χ0v) is 10.1. The van der Waals surface area contributed by atoms with Crippen LogP contribution in [-0.2, 0) is 9.53 Å². The van der Waals surface area contributed by atoms with Gasteiger partial charge < -0.3 is 15.2 Å². The molecule has 1 saturated heterocycles.